The molecule has 0 N–H and O–H groups in total. The van der Waals surface area contributed by atoms with Crippen LogP contribution in [0.15, 0.2) is 37.1 Å². The fourth-order valence-electron chi connectivity index (χ4n) is 2.96. The highest BCUT2D eigenvalue weighted by atomic mass is 15.3. The molecule has 0 amide bonds. The second-order valence-corrected chi connectivity index (χ2v) is 4.84. The fourth-order valence-corrected chi connectivity index (χ4v) is 2.96. The van der Waals surface area contributed by atoms with E-state index in [2.05, 4.69) is 15.0 Å². The van der Waals surface area contributed by atoms with E-state index in [0.717, 1.165) is 16.8 Å². The van der Waals surface area contributed by atoms with Crippen LogP contribution in [0.3, 0.4) is 0 Å². The van der Waals surface area contributed by atoms with Gasteiger partial charge in [-0.05, 0) is 6.07 Å². The van der Waals surface area contributed by atoms with Crippen LogP contribution in [0.25, 0.3) is 28.3 Å². The summed E-state index contributed by atoms with van der Waals surface area (Å²) in [5.41, 5.74) is 3.71. The molecule has 1 aliphatic rings. The van der Waals surface area contributed by atoms with E-state index in [4.69, 9.17) is 4.11 Å². The number of aryl methyl sites for hydroxylation is 1. The van der Waals surface area contributed by atoms with Crippen molar-refractivity contribution in [2.45, 2.75) is 6.54 Å². The molecular weight excluding hydrogens is 252 g/mol. The molecule has 0 radical (unpaired) electrons. The molecule has 0 aromatic carbocycles. The van der Waals surface area contributed by atoms with Gasteiger partial charge in [0, 0.05) is 18.0 Å². The van der Waals surface area contributed by atoms with Crippen LogP contribution in [0.4, 0.5) is 0 Å². The Morgan fingerprint density at radius 2 is 2.25 bits per heavy atom. The smallest absolute Gasteiger partial charge is 0.264 e. The minimum absolute atomic E-state index is 0.440. The number of hydrogen-bond donors (Lipinski definition) is 0. The van der Waals surface area contributed by atoms with Crippen LogP contribution in [-0.4, -0.2) is 23.9 Å². The number of aromatic nitrogens is 6. The molecule has 0 bridgehead atoms. The van der Waals surface area contributed by atoms with Crippen molar-refractivity contribution < 1.29 is 8.68 Å². The molecule has 1 aliphatic heterocycles. The molecule has 5 heterocycles. The van der Waals surface area contributed by atoms with Gasteiger partial charge in [-0.1, -0.05) is 0 Å². The van der Waals surface area contributed by atoms with Crippen LogP contribution in [0.1, 0.15) is 9.68 Å². The van der Waals surface area contributed by atoms with E-state index in [-0.39, 0.29) is 0 Å². The second kappa shape index (κ2) is 3.22. The first-order valence-corrected chi connectivity index (χ1v) is 6.26. The van der Waals surface area contributed by atoms with Crippen molar-refractivity contribution in [1.82, 2.24) is 23.9 Å². The van der Waals surface area contributed by atoms with E-state index in [1.165, 1.54) is 4.57 Å². The van der Waals surface area contributed by atoms with Gasteiger partial charge in [-0.15, -0.1) is 0 Å². The quantitative estimate of drug-likeness (QED) is 0.392. The van der Waals surface area contributed by atoms with Gasteiger partial charge in [0.25, 0.3) is 11.3 Å². The van der Waals surface area contributed by atoms with Gasteiger partial charge >= 0.3 is 0 Å². The van der Waals surface area contributed by atoms with Crippen molar-refractivity contribution in [2.24, 2.45) is 6.98 Å². The Bertz CT molecular complexity index is 1090. The topological polar surface area (TPSA) is 51.9 Å². The summed E-state index contributed by atoms with van der Waals surface area (Å²) in [6.45, 7) is -1.75. The average molecular weight is 266 g/mol. The molecule has 5 rings (SSSR count). The van der Waals surface area contributed by atoms with Crippen LogP contribution in [0, 0.1) is 0 Å². The molecule has 0 saturated heterocycles. The maximum absolute atomic E-state index is 7.96. The number of hydrogen-bond acceptors (Lipinski definition) is 3. The summed E-state index contributed by atoms with van der Waals surface area (Å²) in [5.74, 6) is 0.645. The normalized spacial score (nSPS) is 15.9. The van der Waals surface area contributed by atoms with E-state index >= 15 is 0 Å². The molecule has 4 aromatic rings. The van der Waals surface area contributed by atoms with E-state index in [1.54, 1.807) is 31.0 Å². The van der Waals surface area contributed by atoms with Crippen LogP contribution in [-0.2, 0) is 13.5 Å². The number of rotatable bonds is 0. The lowest BCUT2D eigenvalue weighted by Gasteiger charge is -1.95. The monoisotopic (exact) mass is 266 g/mol. The summed E-state index contributed by atoms with van der Waals surface area (Å²) in [6, 6.07) is 1.85. The summed E-state index contributed by atoms with van der Waals surface area (Å²) in [6.07, 6.45) is 8.54. The minimum Gasteiger partial charge on any atom is -0.264 e. The van der Waals surface area contributed by atoms with E-state index < -0.39 is 6.98 Å². The zero-order valence-corrected chi connectivity index (χ0v) is 10.4. The highest BCUT2D eigenvalue weighted by molar-refractivity contribution is 5.76. The number of nitrogens with zero attached hydrogens (tertiary/aromatic N) is 6. The van der Waals surface area contributed by atoms with Gasteiger partial charge in [0.2, 0.25) is 11.5 Å². The van der Waals surface area contributed by atoms with E-state index in [0.29, 0.717) is 23.7 Å². The Morgan fingerprint density at radius 3 is 3.20 bits per heavy atom. The largest absolute Gasteiger partial charge is 0.295 e. The zero-order chi connectivity index (χ0) is 15.8. The molecule has 0 aliphatic carbocycles. The van der Waals surface area contributed by atoms with Crippen LogP contribution >= 0.6 is 0 Å². The fraction of sp³-hybridized carbons (Fsp3) is 0.143. The minimum atomic E-state index is -2.32. The molecule has 96 valence electrons. The molecule has 20 heavy (non-hydrogen) atoms. The highest BCUT2D eigenvalue weighted by Gasteiger charge is 2.33. The lowest BCUT2D eigenvalue weighted by molar-refractivity contribution is -0.648. The SMILES string of the molecule is [2H]C([2H])([2H])n1c2[n+](c3c1nc1cnccn13)Cc1cnccc1-2. The number of fused-ring (bicyclic) bond motifs is 7. The lowest BCUT2D eigenvalue weighted by Crippen LogP contribution is -2.32. The second-order valence-electron chi connectivity index (χ2n) is 4.84. The maximum Gasteiger partial charge on any atom is 0.295 e. The van der Waals surface area contributed by atoms with Gasteiger partial charge in [-0.25, -0.2) is 13.5 Å². The Balaban J connectivity index is 2.01. The average Bonchev–Trinajstić information content (AvgIpc) is 3.12. The van der Waals surface area contributed by atoms with Gasteiger partial charge in [0.15, 0.2) is 0 Å². The van der Waals surface area contributed by atoms with E-state index in [9.17, 15) is 0 Å². The first kappa shape index (κ1) is 7.74. The summed E-state index contributed by atoms with van der Waals surface area (Å²) in [7, 11) is 0. The van der Waals surface area contributed by atoms with Gasteiger partial charge in [-0.2, -0.15) is 4.98 Å². The van der Waals surface area contributed by atoms with Gasteiger partial charge < -0.3 is 0 Å². The molecule has 0 spiro atoms. The van der Waals surface area contributed by atoms with Crippen LogP contribution in [0.2, 0.25) is 0 Å². The molecule has 0 fully saturated rings. The summed E-state index contributed by atoms with van der Waals surface area (Å²) >= 11 is 0. The molecule has 0 atom stereocenters. The first-order valence-electron chi connectivity index (χ1n) is 7.76. The number of pyridine rings is 1. The van der Waals surface area contributed by atoms with Crippen molar-refractivity contribution in [3.63, 3.8) is 0 Å². The standard InChI is InChI=1S/C14H11N6/c1-18-12-14(19-5-4-16-7-11(19)17-12)20-8-9-6-15-3-2-10(9)13(18)20/h2-7H,8H2,1H3/q+1/i1D3. The van der Waals surface area contributed by atoms with Gasteiger partial charge in [-0.3, -0.25) is 9.97 Å². The summed E-state index contributed by atoms with van der Waals surface area (Å²) < 4.78 is 29.1. The van der Waals surface area contributed by atoms with Crippen LogP contribution in [0.5, 0.6) is 0 Å². The van der Waals surface area contributed by atoms with Crippen LogP contribution < -0.4 is 4.57 Å². The third-order valence-electron chi connectivity index (χ3n) is 3.80. The molecule has 0 saturated carbocycles. The Labute approximate surface area is 118 Å². The predicted molar refractivity (Wildman–Crippen MR) is 72.0 cm³/mol. The molecule has 6 nitrogen and oxygen atoms in total. The molecule has 4 aromatic heterocycles. The van der Waals surface area contributed by atoms with E-state index in [1.807, 2.05) is 15.0 Å². The van der Waals surface area contributed by atoms with Crippen molar-refractivity contribution in [3.8, 4) is 11.4 Å². The van der Waals surface area contributed by atoms with Crippen molar-refractivity contribution in [1.29, 1.82) is 0 Å². The number of imidazole rings is 2. The third-order valence-corrected chi connectivity index (χ3v) is 3.80. The van der Waals surface area contributed by atoms with Gasteiger partial charge in [0.05, 0.1) is 41.8 Å². The highest BCUT2D eigenvalue weighted by Crippen LogP contribution is 2.29. The van der Waals surface area contributed by atoms with Crippen molar-refractivity contribution in [2.75, 3.05) is 0 Å². The third kappa shape index (κ3) is 1.01. The Hall–Kier alpha value is -2.76. The molecule has 6 heteroatoms. The molecular formula is C14H11N6+. The predicted octanol–water partition coefficient (Wildman–Crippen LogP) is 0.932. The summed E-state index contributed by atoms with van der Waals surface area (Å²) in [5, 5.41) is 0. The van der Waals surface area contributed by atoms with Gasteiger partial charge in [0.1, 0.15) is 0 Å². The summed E-state index contributed by atoms with van der Waals surface area (Å²) in [4.78, 5) is 12.7. The van der Waals surface area contributed by atoms with Crippen molar-refractivity contribution >= 4 is 16.9 Å². The zero-order valence-electron chi connectivity index (χ0n) is 13.4. The lowest BCUT2D eigenvalue weighted by atomic mass is 10.2. The maximum atomic E-state index is 7.96. The Morgan fingerprint density at radius 1 is 1.30 bits per heavy atom. The first-order chi connectivity index (χ1) is 11.1. The molecule has 0 unspecified atom stereocenters. The van der Waals surface area contributed by atoms with Crippen molar-refractivity contribution in [3.05, 3.63) is 42.6 Å². The Kier molecular flexibility index (Phi) is 1.24.